The number of ether oxygens (including phenoxy) is 2. The summed E-state index contributed by atoms with van der Waals surface area (Å²) in [6.45, 7) is 7.83. The number of amides is 2. The number of nitrogens with zero attached hydrogens (tertiary/aromatic N) is 2. The van der Waals surface area contributed by atoms with E-state index in [9.17, 15) is 18.0 Å². The van der Waals surface area contributed by atoms with Crippen LogP contribution in [0.2, 0.25) is 0 Å². The Balaban J connectivity index is 2.10. The van der Waals surface area contributed by atoms with E-state index in [0.717, 1.165) is 15.4 Å². The van der Waals surface area contributed by atoms with Crippen LogP contribution in [-0.2, 0) is 26.2 Å². The molecule has 0 saturated carbocycles. The van der Waals surface area contributed by atoms with Crippen molar-refractivity contribution in [2.45, 2.75) is 51.6 Å². The van der Waals surface area contributed by atoms with E-state index in [2.05, 4.69) is 5.32 Å². The van der Waals surface area contributed by atoms with Crippen LogP contribution >= 0.6 is 0 Å². The molecule has 0 aliphatic carbocycles. The summed E-state index contributed by atoms with van der Waals surface area (Å²) < 4.78 is 39.8. The van der Waals surface area contributed by atoms with Crippen LogP contribution in [0.25, 0.3) is 0 Å². The third kappa shape index (κ3) is 7.82. The molecule has 0 bridgehead atoms. The highest BCUT2D eigenvalue weighted by atomic mass is 32.2. The minimum atomic E-state index is -4.19. The lowest BCUT2D eigenvalue weighted by Gasteiger charge is -2.33. The van der Waals surface area contributed by atoms with Gasteiger partial charge in [0.05, 0.1) is 24.8 Å². The van der Waals surface area contributed by atoms with Crippen LogP contribution in [0, 0.1) is 12.8 Å². The molecule has 0 aromatic heterocycles. The van der Waals surface area contributed by atoms with Gasteiger partial charge < -0.3 is 19.7 Å². The lowest BCUT2D eigenvalue weighted by Crippen LogP contribution is -2.52. The molecule has 3 aromatic carbocycles. The average molecular weight is 596 g/mol. The predicted octanol–water partition coefficient (Wildman–Crippen LogP) is 4.79. The molecule has 1 N–H and O–H groups in total. The molecule has 0 spiro atoms. The van der Waals surface area contributed by atoms with Crippen molar-refractivity contribution >= 4 is 27.5 Å². The summed E-state index contributed by atoms with van der Waals surface area (Å²) in [7, 11) is -1.26. The van der Waals surface area contributed by atoms with Crippen molar-refractivity contribution in [3.8, 4) is 11.5 Å². The third-order valence-electron chi connectivity index (χ3n) is 6.94. The Bertz CT molecular complexity index is 1460. The topological polar surface area (TPSA) is 105 Å². The average Bonchev–Trinajstić information content (AvgIpc) is 2.99. The molecule has 0 radical (unpaired) electrons. The second-order valence-corrected chi connectivity index (χ2v) is 12.2. The quantitative estimate of drug-likeness (QED) is 0.288. The Morgan fingerprint density at radius 1 is 0.905 bits per heavy atom. The highest BCUT2D eigenvalue weighted by Crippen LogP contribution is 2.34. The number of aryl methyl sites for hydroxylation is 1. The minimum Gasteiger partial charge on any atom is -0.493 e. The van der Waals surface area contributed by atoms with Crippen LogP contribution in [0.3, 0.4) is 0 Å². The fourth-order valence-corrected chi connectivity index (χ4v) is 5.97. The van der Waals surface area contributed by atoms with Gasteiger partial charge >= 0.3 is 0 Å². The van der Waals surface area contributed by atoms with Crippen LogP contribution in [0.5, 0.6) is 11.5 Å². The number of benzene rings is 3. The summed E-state index contributed by atoms with van der Waals surface area (Å²) in [6, 6.07) is 19.4. The fraction of sp³-hybridized carbons (Fsp3) is 0.375. The van der Waals surface area contributed by atoms with Crippen LogP contribution in [0.4, 0.5) is 5.69 Å². The number of sulfonamides is 1. The van der Waals surface area contributed by atoms with Crippen molar-refractivity contribution in [3.63, 3.8) is 0 Å². The first-order chi connectivity index (χ1) is 20.0. The van der Waals surface area contributed by atoms with Gasteiger partial charge in [0.25, 0.3) is 10.0 Å². The molecule has 0 fully saturated rings. The zero-order valence-corrected chi connectivity index (χ0v) is 26.0. The van der Waals surface area contributed by atoms with E-state index >= 15 is 0 Å². The normalized spacial score (nSPS) is 12.0. The van der Waals surface area contributed by atoms with Crippen molar-refractivity contribution in [1.82, 2.24) is 10.2 Å². The Morgan fingerprint density at radius 3 is 2.14 bits per heavy atom. The van der Waals surface area contributed by atoms with Crippen molar-refractivity contribution < 1.29 is 27.5 Å². The second-order valence-electron chi connectivity index (χ2n) is 10.4. The lowest BCUT2D eigenvalue weighted by molar-refractivity contribution is -0.140. The lowest BCUT2D eigenvalue weighted by atomic mass is 10.1. The molecule has 9 nitrogen and oxygen atoms in total. The first-order valence-corrected chi connectivity index (χ1v) is 15.4. The number of carbonyl (C=O) groups is 2. The van der Waals surface area contributed by atoms with Crippen molar-refractivity contribution in [2.24, 2.45) is 5.92 Å². The maximum absolute atomic E-state index is 14.2. The highest BCUT2D eigenvalue weighted by molar-refractivity contribution is 7.92. The van der Waals surface area contributed by atoms with E-state index in [1.165, 1.54) is 37.3 Å². The second kappa shape index (κ2) is 14.7. The van der Waals surface area contributed by atoms with Gasteiger partial charge in [-0.05, 0) is 54.7 Å². The van der Waals surface area contributed by atoms with Gasteiger partial charge in [0.15, 0.2) is 11.5 Å². The predicted molar refractivity (Wildman–Crippen MR) is 164 cm³/mol. The SMILES string of the molecule is CCC(C(=O)NCC(C)C)N(Cc1ccccc1C)C(=O)CN(c1ccc(OC)c(OC)c1)S(=O)(=O)c1ccccc1. The largest absolute Gasteiger partial charge is 0.493 e. The van der Waals surface area contributed by atoms with E-state index in [0.29, 0.717) is 24.5 Å². The van der Waals surface area contributed by atoms with E-state index < -0.39 is 28.5 Å². The van der Waals surface area contributed by atoms with Gasteiger partial charge in [-0.25, -0.2) is 8.42 Å². The summed E-state index contributed by atoms with van der Waals surface area (Å²) in [4.78, 5) is 29.1. The number of hydrogen-bond donors (Lipinski definition) is 1. The van der Waals surface area contributed by atoms with Crippen molar-refractivity contribution in [2.75, 3.05) is 31.6 Å². The molecule has 3 rings (SSSR count). The molecule has 42 heavy (non-hydrogen) atoms. The monoisotopic (exact) mass is 595 g/mol. The molecule has 0 aliphatic heterocycles. The fourth-order valence-electron chi connectivity index (χ4n) is 4.54. The Morgan fingerprint density at radius 2 is 1.55 bits per heavy atom. The van der Waals surface area contributed by atoms with Crippen LogP contribution < -0.4 is 19.1 Å². The molecule has 0 saturated heterocycles. The molecule has 10 heteroatoms. The van der Waals surface area contributed by atoms with Gasteiger partial charge in [0, 0.05) is 19.2 Å². The number of hydrogen-bond acceptors (Lipinski definition) is 6. The molecule has 0 heterocycles. The molecule has 3 aromatic rings. The van der Waals surface area contributed by atoms with Gasteiger partial charge in [0.2, 0.25) is 11.8 Å². The number of nitrogens with one attached hydrogen (secondary N) is 1. The minimum absolute atomic E-state index is 0.0276. The molecule has 2 amide bonds. The first kappa shape index (κ1) is 32.5. The van der Waals surface area contributed by atoms with Crippen LogP contribution in [-0.4, -0.2) is 58.5 Å². The van der Waals surface area contributed by atoms with Gasteiger partial charge in [-0.2, -0.15) is 0 Å². The van der Waals surface area contributed by atoms with E-state index in [4.69, 9.17) is 9.47 Å². The van der Waals surface area contributed by atoms with Gasteiger partial charge in [-0.3, -0.25) is 13.9 Å². The molecule has 1 unspecified atom stereocenters. The van der Waals surface area contributed by atoms with Crippen LogP contribution in [0.1, 0.15) is 38.3 Å². The van der Waals surface area contributed by atoms with Gasteiger partial charge in [-0.15, -0.1) is 0 Å². The zero-order chi connectivity index (χ0) is 30.9. The summed E-state index contributed by atoms with van der Waals surface area (Å²) in [5.41, 5.74) is 2.05. The van der Waals surface area contributed by atoms with E-state index in [-0.39, 0.29) is 29.0 Å². The van der Waals surface area contributed by atoms with Gasteiger partial charge in [0.1, 0.15) is 12.6 Å². The molecular formula is C32H41N3O6S. The Hall–Kier alpha value is -4.05. The Labute approximate surface area is 249 Å². The first-order valence-electron chi connectivity index (χ1n) is 13.9. The summed E-state index contributed by atoms with van der Waals surface area (Å²) >= 11 is 0. The standard InChI is InChI=1S/C32H41N3O6S/c1-7-28(32(37)33-20-23(2)3)34(21-25-14-12-11-13-24(25)4)31(36)22-35(42(38,39)27-15-9-8-10-16-27)26-17-18-29(40-5)30(19-26)41-6/h8-19,23,28H,7,20-22H2,1-6H3,(H,33,37). The maximum Gasteiger partial charge on any atom is 0.264 e. The summed E-state index contributed by atoms with van der Waals surface area (Å²) in [5, 5.41) is 2.94. The Kier molecular flexibility index (Phi) is 11.4. The summed E-state index contributed by atoms with van der Waals surface area (Å²) in [6.07, 6.45) is 0.351. The van der Waals surface area contributed by atoms with E-state index in [1.54, 1.807) is 30.3 Å². The van der Waals surface area contributed by atoms with Gasteiger partial charge in [-0.1, -0.05) is 63.2 Å². The highest BCUT2D eigenvalue weighted by Gasteiger charge is 2.34. The molecule has 0 aliphatic rings. The maximum atomic E-state index is 14.2. The molecule has 1 atom stereocenters. The number of rotatable bonds is 14. The molecular weight excluding hydrogens is 554 g/mol. The third-order valence-corrected chi connectivity index (χ3v) is 8.73. The van der Waals surface area contributed by atoms with Crippen molar-refractivity contribution in [1.29, 1.82) is 0 Å². The number of anilines is 1. The van der Waals surface area contributed by atoms with E-state index in [1.807, 2.05) is 52.0 Å². The zero-order valence-electron chi connectivity index (χ0n) is 25.2. The number of methoxy groups -OCH3 is 2. The van der Waals surface area contributed by atoms with Crippen LogP contribution in [0.15, 0.2) is 77.7 Å². The smallest absolute Gasteiger partial charge is 0.264 e. The van der Waals surface area contributed by atoms with Crippen molar-refractivity contribution in [3.05, 3.63) is 83.9 Å². The number of carbonyl (C=O) groups excluding carboxylic acids is 2. The summed E-state index contributed by atoms with van der Waals surface area (Å²) in [5.74, 6) is 0.157. The molecule has 226 valence electrons.